The maximum absolute atomic E-state index is 12.3. The molecule has 2 aromatic carbocycles. The molecule has 0 atom stereocenters. The summed E-state index contributed by atoms with van der Waals surface area (Å²) in [6, 6.07) is 10.8. The van der Waals surface area contributed by atoms with Crippen LogP contribution in [-0.2, 0) is 0 Å². The van der Waals surface area contributed by atoms with Gasteiger partial charge in [-0.05, 0) is 42.8 Å². The third-order valence-corrected chi connectivity index (χ3v) is 4.21. The van der Waals surface area contributed by atoms with Gasteiger partial charge >= 0.3 is 0 Å². The summed E-state index contributed by atoms with van der Waals surface area (Å²) in [6.07, 6.45) is 0. The molecule has 6 heteroatoms. The topological polar surface area (TPSA) is 68.0 Å². The Balaban J connectivity index is 1.91. The van der Waals surface area contributed by atoms with Crippen molar-refractivity contribution < 1.29 is 4.79 Å². The van der Waals surface area contributed by atoms with Crippen LogP contribution in [0.1, 0.15) is 15.9 Å². The second kappa shape index (κ2) is 5.35. The monoisotopic (exact) mass is 317 g/mol. The molecular formula is C15H12ClN3OS. The molecule has 0 aliphatic carbocycles. The van der Waals surface area contributed by atoms with Crippen LogP contribution in [-0.4, -0.2) is 10.9 Å². The van der Waals surface area contributed by atoms with Crippen LogP contribution in [0.15, 0.2) is 36.4 Å². The van der Waals surface area contributed by atoms with E-state index in [1.807, 2.05) is 19.1 Å². The maximum atomic E-state index is 12.3. The number of anilines is 2. The zero-order valence-electron chi connectivity index (χ0n) is 11.2. The summed E-state index contributed by atoms with van der Waals surface area (Å²) >= 11 is 7.44. The fourth-order valence-corrected chi connectivity index (χ4v) is 2.95. The van der Waals surface area contributed by atoms with Crippen molar-refractivity contribution in [3.8, 4) is 0 Å². The van der Waals surface area contributed by atoms with Crippen LogP contribution >= 0.6 is 22.9 Å². The molecule has 3 rings (SSSR count). The number of nitrogens with zero attached hydrogens (tertiary/aromatic N) is 1. The van der Waals surface area contributed by atoms with E-state index in [4.69, 9.17) is 17.3 Å². The molecule has 1 heterocycles. The first-order valence-electron chi connectivity index (χ1n) is 6.26. The molecule has 0 fully saturated rings. The number of aryl methyl sites for hydroxylation is 1. The Bertz CT molecular complexity index is 844. The number of nitrogens with two attached hydrogens (primary N) is 1. The zero-order chi connectivity index (χ0) is 15.0. The molecule has 106 valence electrons. The van der Waals surface area contributed by atoms with Gasteiger partial charge in [0.15, 0.2) is 5.13 Å². The predicted octanol–water partition coefficient (Wildman–Crippen LogP) is 4.09. The third kappa shape index (κ3) is 2.84. The average Bonchev–Trinajstić information content (AvgIpc) is 2.81. The molecule has 0 saturated carbocycles. The minimum Gasteiger partial charge on any atom is -0.375 e. The lowest BCUT2D eigenvalue weighted by Gasteiger charge is -2.08. The number of halogens is 1. The van der Waals surface area contributed by atoms with Crippen LogP contribution < -0.4 is 11.1 Å². The van der Waals surface area contributed by atoms with Crippen LogP contribution in [0, 0.1) is 6.92 Å². The fourth-order valence-electron chi connectivity index (χ4n) is 2.01. The van der Waals surface area contributed by atoms with E-state index in [0.717, 1.165) is 15.8 Å². The van der Waals surface area contributed by atoms with Gasteiger partial charge in [-0.15, -0.1) is 0 Å². The number of fused-ring (bicyclic) bond motifs is 1. The standard InChI is InChI=1S/C15H12ClN3OS/c1-8-2-4-10(16)12(6-8)18-14(20)9-3-5-11-13(7-9)21-15(17)19-11/h2-7H,1H3,(H2,17,19)(H,18,20). The number of thiazole rings is 1. The molecule has 0 aliphatic rings. The Labute approximate surface area is 130 Å². The first-order chi connectivity index (χ1) is 10.0. The first kappa shape index (κ1) is 13.9. The number of benzene rings is 2. The molecule has 0 radical (unpaired) electrons. The van der Waals surface area contributed by atoms with Gasteiger partial charge in [0.2, 0.25) is 0 Å². The highest BCUT2D eigenvalue weighted by molar-refractivity contribution is 7.22. The van der Waals surface area contributed by atoms with Crippen molar-refractivity contribution >= 4 is 49.9 Å². The number of hydrogen-bond donors (Lipinski definition) is 2. The number of nitrogens with one attached hydrogen (secondary N) is 1. The third-order valence-electron chi connectivity index (χ3n) is 3.04. The van der Waals surface area contributed by atoms with Crippen molar-refractivity contribution in [1.82, 2.24) is 4.98 Å². The van der Waals surface area contributed by atoms with Crippen molar-refractivity contribution in [2.24, 2.45) is 0 Å². The lowest BCUT2D eigenvalue weighted by Crippen LogP contribution is -2.12. The quantitative estimate of drug-likeness (QED) is 0.748. The summed E-state index contributed by atoms with van der Waals surface area (Å²) in [5, 5.41) is 3.82. The van der Waals surface area contributed by atoms with Gasteiger partial charge in [0.25, 0.3) is 5.91 Å². The molecule has 0 unspecified atom stereocenters. The predicted molar refractivity (Wildman–Crippen MR) is 88.2 cm³/mol. The van der Waals surface area contributed by atoms with E-state index in [9.17, 15) is 4.79 Å². The van der Waals surface area contributed by atoms with Crippen molar-refractivity contribution in [2.45, 2.75) is 6.92 Å². The van der Waals surface area contributed by atoms with Crippen molar-refractivity contribution in [1.29, 1.82) is 0 Å². The second-order valence-corrected chi connectivity index (χ2v) is 6.14. The Kier molecular flexibility index (Phi) is 3.53. The van der Waals surface area contributed by atoms with Gasteiger partial charge < -0.3 is 11.1 Å². The molecule has 0 saturated heterocycles. The highest BCUT2D eigenvalue weighted by Crippen LogP contribution is 2.26. The van der Waals surface area contributed by atoms with Gasteiger partial charge in [0.1, 0.15) is 0 Å². The Morgan fingerprint density at radius 1 is 1.29 bits per heavy atom. The highest BCUT2D eigenvalue weighted by atomic mass is 35.5. The molecule has 1 aromatic heterocycles. The first-order valence-corrected chi connectivity index (χ1v) is 7.46. The summed E-state index contributed by atoms with van der Waals surface area (Å²) in [4.78, 5) is 16.5. The number of amides is 1. The van der Waals surface area contributed by atoms with E-state index in [1.54, 1.807) is 24.3 Å². The van der Waals surface area contributed by atoms with Crippen molar-refractivity contribution in [3.63, 3.8) is 0 Å². The molecule has 4 nitrogen and oxygen atoms in total. The second-order valence-electron chi connectivity index (χ2n) is 4.67. The van der Waals surface area contributed by atoms with Gasteiger partial charge in [-0.3, -0.25) is 4.79 Å². The molecule has 21 heavy (non-hydrogen) atoms. The maximum Gasteiger partial charge on any atom is 0.255 e. The van der Waals surface area contributed by atoms with Gasteiger partial charge in [0, 0.05) is 5.56 Å². The summed E-state index contributed by atoms with van der Waals surface area (Å²) in [5.74, 6) is -0.212. The minimum absolute atomic E-state index is 0.212. The smallest absolute Gasteiger partial charge is 0.255 e. The van der Waals surface area contributed by atoms with Gasteiger partial charge in [-0.2, -0.15) is 0 Å². The summed E-state index contributed by atoms with van der Waals surface area (Å²) in [5.41, 5.74) is 8.64. The van der Waals surface area contributed by atoms with Crippen LogP contribution in [0.3, 0.4) is 0 Å². The summed E-state index contributed by atoms with van der Waals surface area (Å²) in [6.45, 7) is 1.94. The molecule has 3 N–H and O–H groups in total. The summed E-state index contributed by atoms with van der Waals surface area (Å²) < 4.78 is 0.885. The largest absolute Gasteiger partial charge is 0.375 e. The Morgan fingerprint density at radius 3 is 2.90 bits per heavy atom. The fraction of sp³-hybridized carbons (Fsp3) is 0.0667. The zero-order valence-corrected chi connectivity index (χ0v) is 12.8. The number of carbonyl (C=O) groups is 1. The van der Waals surface area contributed by atoms with Crippen LogP contribution in [0.25, 0.3) is 10.2 Å². The van der Waals surface area contributed by atoms with Crippen molar-refractivity contribution in [3.05, 3.63) is 52.5 Å². The van der Waals surface area contributed by atoms with Gasteiger partial charge in [-0.25, -0.2) is 4.98 Å². The normalized spacial score (nSPS) is 10.8. The van der Waals surface area contributed by atoms with Crippen LogP contribution in [0.5, 0.6) is 0 Å². The van der Waals surface area contributed by atoms with E-state index >= 15 is 0 Å². The molecular weight excluding hydrogens is 306 g/mol. The Hall–Kier alpha value is -2.11. The Morgan fingerprint density at radius 2 is 2.10 bits per heavy atom. The van der Waals surface area contributed by atoms with Crippen LogP contribution in [0.2, 0.25) is 5.02 Å². The molecule has 0 aliphatic heterocycles. The van der Waals surface area contributed by atoms with E-state index in [1.165, 1.54) is 11.3 Å². The molecule has 0 bridgehead atoms. The lowest BCUT2D eigenvalue weighted by atomic mass is 10.2. The molecule has 0 spiro atoms. The van der Waals surface area contributed by atoms with Crippen molar-refractivity contribution in [2.75, 3.05) is 11.1 Å². The average molecular weight is 318 g/mol. The van der Waals surface area contributed by atoms with Gasteiger partial charge in [0.05, 0.1) is 20.9 Å². The SMILES string of the molecule is Cc1ccc(Cl)c(NC(=O)c2ccc3nc(N)sc3c2)c1. The minimum atomic E-state index is -0.212. The van der Waals surface area contributed by atoms with Crippen LogP contribution in [0.4, 0.5) is 10.8 Å². The molecule has 3 aromatic rings. The lowest BCUT2D eigenvalue weighted by molar-refractivity contribution is 0.102. The number of nitrogen functional groups attached to an aromatic ring is 1. The van der Waals surface area contributed by atoms with Gasteiger partial charge in [-0.1, -0.05) is 29.0 Å². The van der Waals surface area contributed by atoms with E-state index in [0.29, 0.717) is 21.4 Å². The number of hydrogen-bond acceptors (Lipinski definition) is 4. The van der Waals surface area contributed by atoms with E-state index < -0.39 is 0 Å². The number of carbonyl (C=O) groups excluding carboxylic acids is 1. The van der Waals surface area contributed by atoms with E-state index in [2.05, 4.69) is 10.3 Å². The number of aromatic nitrogens is 1. The number of rotatable bonds is 2. The highest BCUT2D eigenvalue weighted by Gasteiger charge is 2.11. The van der Waals surface area contributed by atoms with E-state index in [-0.39, 0.29) is 5.91 Å². The summed E-state index contributed by atoms with van der Waals surface area (Å²) in [7, 11) is 0. The molecule has 1 amide bonds.